The number of aromatic nitrogens is 2. The topological polar surface area (TPSA) is 63.8 Å². The van der Waals surface area contributed by atoms with Gasteiger partial charge >= 0.3 is 0 Å². The molecule has 3 N–H and O–H groups in total. The Hall–Kier alpha value is -2.10. The maximum Gasteiger partial charge on any atom is 0.134 e. The molecule has 0 spiro atoms. The largest absolute Gasteiger partial charge is 0.383 e. The quantitative estimate of drug-likeness (QED) is 0.846. The zero-order valence-corrected chi connectivity index (χ0v) is 10.1. The Bertz CT molecular complexity index is 523. The third-order valence-electron chi connectivity index (χ3n) is 2.67. The summed E-state index contributed by atoms with van der Waals surface area (Å²) in [5.74, 6) is 1.31. The van der Waals surface area contributed by atoms with Crippen molar-refractivity contribution >= 4 is 11.6 Å². The van der Waals surface area contributed by atoms with Crippen LogP contribution in [-0.4, -0.2) is 9.97 Å². The molecule has 1 aromatic heterocycles. The molecule has 0 unspecified atom stereocenters. The molecule has 17 heavy (non-hydrogen) atoms. The molecule has 4 heteroatoms. The van der Waals surface area contributed by atoms with Crippen LogP contribution in [0.15, 0.2) is 30.6 Å². The Labute approximate surface area is 101 Å². The fourth-order valence-electron chi connectivity index (χ4n) is 1.65. The van der Waals surface area contributed by atoms with Crippen molar-refractivity contribution in [2.45, 2.75) is 20.4 Å². The Balaban J connectivity index is 2.10. The van der Waals surface area contributed by atoms with Crippen molar-refractivity contribution < 1.29 is 0 Å². The summed E-state index contributed by atoms with van der Waals surface area (Å²) in [6.45, 7) is 4.73. The van der Waals surface area contributed by atoms with Crippen molar-refractivity contribution in [1.82, 2.24) is 9.97 Å². The minimum Gasteiger partial charge on any atom is -0.383 e. The Morgan fingerprint density at radius 2 is 2.06 bits per heavy atom. The van der Waals surface area contributed by atoms with E-state index in [0.29, 0.717) is 5.82 Å². The van der Waals surface area contributed by atoms with E-state index in [0.717, 1.165) is 17.9 Å². The highest BCUT2D eigenvalue weighted by Crippen LogP contribution is 2.16. The molecule has 0 bridgehead atoms. The molecule has 1 aromatic carbocycles. The van der Waals surface area contributed by atoms with Crippen molar-refractivity contribution in [3.8, 4) is 0 Å². The lowest BCUT2D eigenvalue weighted by Crippen LogP contribution is -2.06. The second-order valence-corrected chi connectivity index (χ2v) is 4.08. The first-order valence-electron chi connectivity index (χ1n) is 5.53. The first-order chi connectivity index (χ1) is 8.16. The lowest BCUT2D eigenvalue weighted by atomic mass is 10.1. The molecule has 88 valence electrons. The van der Waals surface area contributed by atoms with Crippen LogP contribution in [0.5, 0.6) is 0 Å². The van der Waals surface area contributed by atoms with Gasteiger partial charge in [-0.1, -0.05) is 29.8 Å². The normalized spacial score (nSPS) is 10.2. The maximum atomic E-state index is 5.72. The SMILES string of the molecule is Cc1cccc(CNc2ncnc(N)c2C)c1. The number of aryl methyl sites for hydroxylation is 1. The van der Waals surface area contributed by atoms with E-state index in [-0.39, 0.29) is 0 Å². The van der Waals surface area contributed by atoms with Crippen LogP contribution in [0.3, 0.4) is 0 Å². The predicted molar refractivity (Wildman–Crippen MR) is 69.7 cm³/mol. The molecule has 0 aliphatic rings. The van der Waals surface area contributed by atoms with Crippen LogP contribution in [0.1, 0.15) is 16.7 Å². The van der Waals surface area contributed by atoms with Gasteiger partial charge in [0, 0.05) is 12.1 Å². The molecule has 0 radical (unpaired) electrons. The second kappa shape index (κ2) is 4.82. The number of nitrogen functional groups attached to an aromatic ring is 1. The van der Waals surface area contributed by atoms with Gasteiger partial charge in [0.2, 0.25) is 0 Å². The van der Waals surface area contributed by atoms with Crippen LogP contribution >= 0.6 is 0 Å². The van der Waals surface area contributed by atoms with Crippen LogP contribution in [-0.2, 0) is 6.54 Å². The first kappa shape index (κ1) is 11.4. The number of anilines is 2. The van der Waals surface area contributed by atoms with Gasteiger partial charge in [0.05, 0.1) is 0 Å². The van der Waals surface area contributed by atoms with Crippen LogP contribution in [0.2, 0.25) is 0 Å². The van der Waals surface area contributed by atoms with Gasteiger partial charge in [0.1, 0.15) is 18.0 Å². The van der Waals surface area contributed by atoms with Crippen molar-refractivity contribution in [3.63, 3.8) is 0 Å². The number of nitrogens with one attached hydrogen (secondary N) is 1. The molecule has 0 aliphatic heterocycles. The highest BCUT2D eigenvalue weighted by molar-refractivity contribution is 5.53. The maximum absolute atomic E-state index is 5.72. The second-order valence-electron chi connectivity index (χ2n) is 4.08. The molecular formula is C13H16N4. The monoisotopic (exact) mass is 228 g/mol. The van der Waals surface area contributed by atoms with Crippen LogP contribution in [0, 0.1) is 13.8 Å². The molecule has 4 nitrogen and oxygen atoms in total. The van der Waals surface area contributed by atoms with E-state index in [9.17, 15) is 0 Å². The van der Waals surface area contributed by atoms with E-state index in [1.807, 2.05) is 13.0 Å². The van der Waals surface area contributed by atoms with Gasteiger partial charge in [-0.25, -0.2) is 9.97 Å². The minimum atomic E-state index is 0.520. The van der Waals surface area contributed by atoms with Crippen LogP contribution in [0.4, 0.5) is 11.6 Å². The standard InChI is InChI=1S/C13H16N4/c1-9-4-3-5-11(6-9)7-15-13-10(2)12(14)16-8-17-13/h3-6,8H,7H2,1-2H3,(H3,14,15,16,17). The number of rotatable bonds is 3. The molecule has 2 rings (SSSR count). The van der Waals surface area contributed by atoms with Gasteiger partial charge < -0.3 is 11.1 Å². The van der Waals surface area contributed by atoms with E-state index in [1.165, 1.54) is 17.5 Å². The average molecular weight is 228 g/mol. The molecule has 0 amide bonds. The number of hydrogen-bond donors (Lipinski definition) is 2. The van der Waals surface area contributed by atoms with Crippen LogP contribution in [0.25, 0.3) is 0 Å². The molecule has 0 saturated carbocycles. The minimum absolute atomic E-state index is 0.520. The van der Waals surface area contributed by atoms with Crippen molar-refractivity contribution in [2.75, 3.05) is 11.1 Å². The van der Waals surface area contributed by atoms with Gasteiger partial charge in [-0.15, -0.1) is 0 Å². The van der Waals surface area contributed by atoms with E-state index in [1.54, 1.807) is 0 Å². The fraction of sp³-hybridized carbons (Fsp3) is 0.231. The van der Waals surface area contributed by atoms with Gasteiger partial charge in [-0.2, -0.15) is 0 Å². The summed E-state index contributed by atoms with van der Waals surface area (Å²) in [5, 5.41) is 3.27. The van der Waals surface area contributed by atoms with Crippen molar-refractivity contribution in [3.05, 3.63) is 47.3 Å². The third kappa shape index (κ3) is 2.72. The zero-order chi connectivity index (χ0) is 12.3. The highest BCUT2D eigenvalue weighted by atomic mass is 15.0. The molecule has 0 aliphatic carbocycles. The lowest BCUT2D eigenvalue weighted by Gasteiger charge is -2.09. The van der Waals surface area contributed by atoms with Crippen LogP contribution < -0.4 is 11.1 Å². The third-order valence-corrected chi connectivity index (χ3v) is 2.67. The summed E-state index contributed by atoms with van der Waals surface area (Å²) in [6.07, 6.45) is 1.47. The lowest BCUT2D eigenvalue weighted by molar-refractivity contribution is 1.06. The number of benzene rings is 1. The Morgan fingerprint density at radius 1 is 1.24 bits per heavy atom. The smallest absolute Gasteiger partial charge is 0.134 e. The summed E-state index contributed by atoms with van der Waals surface area (Å²) < 4.78 is 0. The number of nitrogens with two attached hydrogens (primary N) is 1. The zero-order valence-electron chi connectivity index (χ0n) is 10.1. The number of nitrogens with zero attached hydrogens (tertiary/aromatic N) is 2. The van der Waals surface area contributed by atoms with Gasteiger partial charge in [0.15, 0.2) is 0 Å². The summed E-state index contributed by atoms with van der Waals surface area (Å²) >= 11 is 0. The summed E-state index contributed by atoms with van der Waals surface area (Å²) in [7, 11) is 0. The van der Waals surface area contributed by atoms with Gasteiger partial charge in [-0.3, -0.25) is 0 Å². The molecule has 2 aromatic rings. The highest BCUT2D eigenvalue weighted by Gasteiger charge is 2.03. The number of hydrogen-bond acceptors (Lipinski definition) is 4. The molecule has 0 saturated heterocycles. The summed E-state index contributed by atoms with van der Waals surface area (Å²) in [5.41, 5.74) is 9.09. The first-order valence-corrected chi connectivity index (χ1v) is 5.53. The van der Waals surface area contributed by atoms with E-state index in [4.69, 9.17) is 5.73 Å². The summed E-state index contributed by atoms with van der Waals surface area (Å²) in [4.78, 5) is 8.11. The van der Waals surface area contributed by atoms with Crippen molar-refractivity contribution in [1.29, 1.82) is 0 Å². The van der Waals surface area contributed by atoms with E-state index >= 15 is 0 Å². The molecule has 0 fully saturated rings. The molecule has 0 atom stereocenters. The Morgan fingerprint density at radius 3 is 2.82 bits per heavy atom. The van der Waals surface area contributed by atoms with E-state index in [2.05, 4.69) is 40.4 Å². The fourth-order valence-corrected chi connectivity index (χ4v) is 1.65. The average Bonchev–Trinajstić information content (AvgIpc) is 2.31. The van der Waals surface area contributed by atoms with Gasteiger partial charge in [0.25, 0.3) is 0 Å². The van der Waals surface area contributed by atoms with Gasteiger partial charge in [-0.05, 0) is 19.4 Å². The Kier molecular flexibility index (Phi) is 3.23. The molecular weight excluding hydrogens is 212 g/mol. The van der Waals surface area contributed by atoms with E-state index < -0.39 is 0 Å². The predicted octanol–water partition coefficient (Wildman–Crippen LogP) is 2.29. The van der Waals surface area contributed by atoms with Crippen molar-refractivity contribution in [2.24, 2.45) is 0 Å². The molecule has 1 heterocycles. The summed E-state index contributed by atoms with van der Waals surface area (Å²) in [6, 6.07) is 8.36.